The highest BCUT2D eigenvalue weighted by atomic mass is 127. The van der Waals surface area contributed by atoms with Crippen molar-refractivity contribution in [3.05, 3.63) is 20.8 Å². The summed E-state index contributed by atoms with van der Waals surface area (Å²) in [6.07, 6.45) is 0. The second-order valence-corrected chi connectivity index (χ2v) is 7.02. The van der Waals surface area contributed by atoms with E-state index in [1.54, 1.807) is 11.3 Å². The topological polar surface area (TPSA) is 12.0 Å². The molecule has 0 radical (unpaired) electrons. The summed E-state index contributed by atoms with van der Waals surface area (Å²) in [5, 5.41) is 3.58. The summed E-state index contributed by atoms with van der Waals surface area (Å²) in [4.78, 5) is 1.40. The molecule has 4 heteroatoms. The Hall–Kier alpha value is 0.870. The van der Waals surface area contributed by atoms with E-state index in [1.165, 1.54) is 13.1 Å². The molecular formula is C10H15BrINS. The van der Waals surface area contributed by atoms with Crippen LogP contribution in [-0.4, -0.2) is 10.5 Å². The molecule has 1 unspecified atom stereocenters. The van der Waals surface area contributed by atoms with Crippen LogP contribution >= 0.6 is 49.9 Å². The Balaban J connectivity index is 2.39. The van der Waals surface area contributed by atoms with E-state index in [0.29, 0.717) is 12.0 Å². The summed E-state index contributed by atoms with van der Waals surface area (Å²) in [7, 11) is 0. The SMILES string of the molecule is CC(C)C(CI)NCc1ccc(Br)s1. The van der Waals surface area contributed by atoms with Crippen LogP contribution < -0.4 is 5.32 Å². The monoisotopic (exact) mass is 387 g/mol. The van der Waals surface area contributed by atoms with Crippen LogP contribution in [0, 0.1) is 5.92 Å². The Labute approximate surface area is 112 Å². The second kappa shape index (κ2) is 6.45. The molecule has 0 aliphatic rings. The van der Waals surface area contributed by atoms with Gasteiger partial charge in [-0.3, -0.25) is 0 Å². The molecule has 1 aromatic heterocycles. The summed E-state index contributed by atoms with van der Waals surface area (Å²) in [6.45, 7) is 5.52. The van der Waals surface area contributed by atoms with E-state index in [-0.39, 0.29) is 0 Å². The van der Waals surface area contributed by atoms with E-state index >= 15 is 0 Å². The van der Waals surface area contributed by atoms with Crippen molar-refractivity contribution in [2.75, 3.05) is 4.43 Å². The van der Waals surface area contributed by atoms with E-state index < -0.39 is 0 Å². The van der Waals surface area contributed by atoms with Crippen molar-refractivity contribution in [3.8, 4) is 0 Å². The zero-order valence-corrected chi connectivity index (χ0v) is 12.9. The van der Waals surface area contributed by atoms with E-state index in [9.17, 15) is 0 Å². The molecule has 1 nitrogen and oxygen atoms in total. The third kappa shape index (κ3) is 4.16. The van der Waals surface area contributed by atoms with Crippen LogP contribution in [-0.2, 0) is 6.54 Å². The average Bonchev–Trinajstić information content (AvgIpc) is 2.52. The summed E-state index contributed by atoms with van der Waals surface area (Å²) >= 11 is 7.72. The minimum absolute atomic E-state index is 0.622. The molecule has 0 saturated carbocycles. The fourth-order valence-electron chi connectivity index (χ4n) is 1.15. The number of nitrogens with one attached hydrogen (secondary N) is 1. The van der Waals surface area contributed by atoms with Gasteiger partial charge >= 0.3 is 0 Å². The second-order valence-electron chi connectivity index (χ2n) is 3.59. The molecule has 1 atom stereocenters. The van der Waals surface area contributed by atoms with Gasteiger partial charge in [-0.1, -0.05) is 36.4 Å². The van der Waals surface area contributed by atoms with Gasteiger partial charge in [-0.25, -0.2) is 0 Å². The molecule has 0 aliphatic heterocycles. The van der Waals surface area contributed by atoms with Crippen molar-refractivity contribution in [2.45, 2.75) is 26.4 Å². The first-order valence-electron chi connectivity index (χ1n) is 4.67. The lowest BCUT2D eigenvalue weighted by molar-refractivity contribution is 0.438. The van der Waals surface area contributed by atoms with Gasteiger partial charge in [0.1, 0.15) is 0 Å². The molecule has 0 aliphatic carbocycles. The van der Waals surface area contributed by atoms with Gasteiger partial charge in [0.15, 0.2) is 0 Å². The van der Waals surface area contributed by atoms with Crippen LogP contribution in [0.25, 0.3) is 0 Å². The van der Waals surface area contributed by atoms with Gasteiger partial charge < -0.3 is 5.32 Å². The fraction of sp³-hybridized carbons (Fsp3) is 0.600. The molecule has 80 valence electrons. The first kappa shape index (κ1) is 12.9. The van der Waals surface area contributed by atoms with Gasteiger partial charge in [-0.05, 0) is 34.0 Å². The predicted molar refractivity (Wildman–Crippen MR) is 76.4 cm³/mol. The number of hydrogen-bond donors (Lipinski definition) is 1. The van der Waals surface area contributed by atoms with Crippen LogP contribution in [0.1, 0.15) is 18.7 Å². The molecule has 0 spiro atoms. The van der Waals surface area contributed by atoms with Crippen molar-refractivity contribution < 1.29 is 0 Å². The van der Waals surface area contributed by atoms with Crippen molar-refractivity contribution in [3.63, 3.8) is 0 Å². The van der Waals surface area contributed by atoms with E-state index in [2.05, 4.69) is 69.8 Å². The Morgan fingerprint density at radius 2 is 2.21 bits per heavy atom. The van der Waals surface area contributed by atoms with Crippen molar-refractivity contribution in [1.29, 1.82) is 0 Å². The number of halogens is 2. The Kier molecular flexibility index (Phi) is 5.96. The third-order valence-electron chi connectivity index (χ3n) is 2.14. The first-order chi connectivity index (χ1) is 6.63. The van der Waals surface area contributed by atoms with Crippen LogP contribution in [0.4, 0.5) is 0 Å². The van der Waals surface area contributed by atoms with Gasteiger partial charge in [-0.15, -0.1) is 11.3 Å². The van der Waals surface area contributed by atoms with Gasteiger partial charge in [0, 0.05) is 21.9 Å². The molecule has 14 heavy (non-hydrogen) atoms. The zero-order valence-electron chi connectivity index (χ0n) is 8.39. The fourth-order valence-corrected chi connectivity index (χ4v) is 3.91. The number of rotatable bonds is 5. The predicted octanol–water partition coefficient (Wildman–Crippen LogP) is 4.06. The lowest BCUT2D eigenvalue weighted by Crippen LogP contribution is -2.34. The number of hydrogen-bond acceptors (Lipinski definition) is 2. The molecule has 1 heterocycles. The minimum Gasteiger partial charge on any atom is -0.308 e. The molecule has 0 saturated heterocycles. The molecule has 0 amide bonds. The maximum absolute atomic E-state index is 3.58. The van der Waals surface area contributed by atoms with E-state index in [0.717, 1.165) is 6.54 Å². The lowest BCUT2D eigenvalue weighted by Gasteiger charge is -2.19. The van der Waals surface area contributed by atoms with Crippen LogP contribution in [0.5, 0.6) is 0 Å². The van der Waals surface area contributed by atoms with Crippen LogP contribution in [0.2, 0.25) is 0 Å². The van der Waals surface area contributed by atoms with Crippen molar-refractivity contribution in [1.82, 2.24) is 5.32 Å². The van der Waals surface area contributed by atoms with Crippen molar-refractivity contribution in [2.24, 2.45) is 5.92 Å². The normalized spacial score (nSPS) is 13.5. The van der Waals surface area contributed by atoms with Gasteiger partial charge in [0.2, 0.25) is 0 Å². The Bertz CT molecular complexity index is 275. The van der Waals surface area contributed by atoms with Crippen molar-refractivity contribution >= 4 is 49.9 Å². The maximum Gasteiger partial charge on any atom is 0.0701 e. The number of thiophene rings is 1. The highest BCUT2D eigenvalue weighted by Gasteiger charge is 2.10. The summed E-state index contributed by atoms with van der Waals surface area (Å²) in [5.41, 5.74) is 0. The van der Waals surface area contributed by atoms with Gasteiger partial charge in [-0.2, -0.15) is 0 Å². The smallest absolute Gasteiger partial charge is 0.0701 e. The number of alkyl halides is 1. The summed E-state index contributed by atoms with van der Waals surface area (Å²) in [6, 6.07) is 4.90. The Morgan fingerprint density at radius 3 is 2.64 bits per heavy atom. The summed E-state index contributed by atoms with van der Waals surface area (Å²) < 4.78 is 2.38. The molecule has 1 rings (SSSR count). The zero-order chi connectivity index (χ0) is 10.6. The van der Waals surface area contributed by atoms with Crippen LogP contribution in [0.15, 0.2) is 15.9 Å². The largest absolute Gasteiger partial charge is 0.308 e. The molecule has 1 N–H and O–H groups in total. The summed E-state index contributed by atoms with van der Waals surface area (Å²) in [5.74, 6) is 0.704. The highest BCUT2D eigenvalue weighted by molar-refractivity contribution is 14.1. The quantitative estimate of drug-likeness (QED) is 0.593. The molecular weight excluding hydrogens is 373 g/mol. The van der Waals surface area contributed by atoms with Gasteiger partial charge in [0.05, 0.1) is 3.79 Å². The Morgan fingerprint density at radius 1 is 1.50 bits per heavy atom. The first-order valence-corrected chi connectivity index (χ1v) is 7.80. The molecule has 0 fully saturated rings. The maximum atomic E-state index is 3.58. The average molecular weight is 388 g/mol. The molecule has 0 bridgehead atoms. The molecule has 0 aromatic carbocycles. The highest BCUT2D eigenvalue weighted by Crippen LogP contribution is 2.22. The van der Waals surface area contributed by atoms with Crippen LogP contribution in [0.3, 0.4) is 0 Å². The minimum atomic E-state index is 0.622. The van der Waals surface area contributed by atoms with E-state index in [1.807, 2.05) is 0 Å². The standard InChI is InChI=1S/C10H15BrINS/c1-7(2)9(5-12)13-6-8-3-4-10(11)14-8/h3-4,7,9,13H,5-6H2,1-2H3. The molecule has 1 aromatic rings. The lowest BCUT2D eigenvalue weighted by atomic mass is 10.1. The van der Waals surface area contributed by atoms with E-state index in [4.69, 9.17) is 0 Å². The third-order valence-corrected chi connectivity index (χ3v) is 4.71. The van der Waals surface area contributed by atoms with Gasteiger partial charge in [0.25, 0.3) is 0 Å².